The summed E-state index contributed by atoms with van der Waals surface area (Å²) in [6.45, 7) is 7.38. The zero-order chi connectivity index (χ0) is 17.1. The van der Waals surface area contributed by atoms with Crippen LogP contribution in [-0.4, -0.2) is 34.9 Å². The molecule has 0 unspecified atom stereocenters. The third-order valence-corrected chi connectivity index (χ3v) is 4.58. The van der Waals surface area contributed by atoms with Crippen molar-refractivity contribution in [1.82, 2.24) is 15.1 Å². The van der Waals surface area contributed by atoms with E-state index < -0.39 is 0 Å². The van der Waals surface area contributed by atoms with Gasteiger partial charge < -0.3 is 10.1 Å². The summed E-state index contributed by atoms with van der Waals surface area (Å²) in [6, 6.07) is 8.10. The van der Waals surface area contributed by atoms with E-state index >= 15 is 0 Å². The lowest BCUT2D eigenvalue weighted by Crippen LogP contribution is -2.32. The maximum Gasteiger partial charge on any atom is 0.255 e. The topological polar surface area (TPSA) is 56.1 Å². The van der Waals surface area contributed by atoms with Gasteiger partial charge in [-0.2, -0.15) is 5.10 Å². The highest BCUT2D eigenvalue weighted by Gasteiger charge is 2.23. The number of hydrogen-bond acceptors (Lipinski definition) is 3. The lowest BCUT2D eigenvalue weighted by Gasteiger charge is -2.12. The minimum absolute atomic E-state index is 0.0558. The average molecular weight is 327 g/mol. The quantitative estimate of drug-likeness (QED) is 0.918. The van der Waals surface area contributed by atoms with Crippen LogP contribution in [0.4, 0.5) is 0 Å². The van der Waals surface area contributed by atoms with Gasteiger partial charge in [0.25, 0.3) is 5.91 Å². The predicted molar refractivity (Wildman–Crippen MR) is 93.7 cm³/mol. The molecule has 0 saturated carbocycles. The fourth-order valence-corrected chi connectivity index (χ4v) is 3.30. The average Bonchev–Trinajstić information content (AvgIpc) is 3.20. The monoisotopic (exact) mass is 327 g/mol. The molecule has 1 amide bonds. The van der Waals surface area contributed by atoms with Gasteiger partial charge in [-0.15, -0.1) is 0 Å². The first kappa shape index (κ1) is 16.7. The minimum Gasteiger partial charge on any atom is -0.376 e. The number of rotatable bonds is 5. The number of aryl methyl sites for hydroxylation is 2. The van der Waals surface area contributed by atoms with E-state index in [0.717, 1.165) is 48.5 Å². The minimum atomic E-state index is -0.0558. The van der Waals surface area contributed by atoms with E-state index in [4.69, 9.17) is 4.74 Å². The second kappa shape index (κ2) is 7.18. The van der Waals surface area contributed by atoms with E-state index in [-0.39, 0.29) is 12.0 Å². The van der Waals surface area contributed by atoms with E-state index in [2.05, 4.69) is 30.3 Å². The van der Waals surface area contributed by atoms with Crippen LogP contribution in [-0.2, 0) is 11.2 Å². The molecular weight excluding hydrogens is 302 g/mol. The summed E-state index contributed by atoms with van der Waals surface area (Å²) in [4.78, 5) is 12.7. The van der Waals surface area contributed by atoms with Crippen LogP contribution in [0.3, 0.4) is 0 Å². The molecule has 3 rings (SSSR count). The molecule has 128 valence electrons. The normalized spacial score (nSPS) is 17.2. The molecule has 24 heavy (non-hydrogen) atoms. The zero-order valence-electron chi connectivity index (χ0n) is 14.6. The molecule has 1 aromatic heterocycles. The van der Waals surface area contributed by atoms with Crippen LogP contribution in [0.25, 0.3) is 5.69 Å². The van der Waals surface area contributed by atoms with Gasteiger partial charge in [0.15, 0.2) is 0 Å². The third kappa shape index (κ3) is 3.22. The molecule has 0 aliphatic carbocycles. The van der Waals surface area contributed by atoms with Crippen molar-refractivity contribution in [2.24, 2.45) is 0 Å². The first-order valence-electron chi connectivity index (χ1n) is 8.66. The zero-order valence-corrected chi connectivity index (χ0v) is 14.6. The predicted octanol–water partition coefficient (Wildman–Crippen LogP) is 2.96. The second-order valence-corrected chi connectivity index (χ2v) is 6.30. The highest BCUT2D eigenvalue weighted by atomic mass is 16.5. The molecule has 1 aromatic carbocycles. The number of aromatic nitrogens is 2. The van der Waals surface area contributed by atoms with Crippen molar-refractivity contribution in [3.05, 3.63) is 46.8 Å². The maximum atomic E-state index is 12.7. The SMILES string of the molecule is CCc1c(C(=O)NC[C@H]2CCCO2)c(C)nn1-c1ccccc1C. The fraction of sp³-hybridized carbons (Fsp3) is 0.474. The summed E-state index contributed by atoms with van der Waals surface area (Å²) >= 11 is 0. The van der Waals surface area contributed by atoms with Crippen molar-refractivity contribution in [3.63, 3.8) is 0 Å². The van der Waals surface area contributed by atoms with Crippen LogP contribution >= 0.6 is 0 Å². The van der Waals surface area contributed by atoms with Crippen LogP contribution < -0.4 is 5.32 Å². The number of para-hydroxylation sites is 1. The number of carbonyl (C=O) groups excluding carboxylic acids is 1. The summed E-state index contributed by atoms with van der Waals surface area (Å²) in [5.74, 6) is -0.0558. The van der Waals surface area contributed by atoms with Crippen molar-refractivity contribution in [2.75, 3.05) is 13.2 Å². The Kier molecular flexibility index (Phi) is 5.00. The lowest BCUT2D eigenvalue weighted by molar-refractivity contribution is 0.0856. The van der Waals surface area contributed by atoms with Crippen molar-refractivity contribution < 1.29 is 9.53 Å². The number of nitrogens with zero attached hydrogens (tertiary/aromatic N) is 2. The van der Waals surface area contributed by atoms with E-state index in [1.165, 1.54) is 0 Å². The van der Waals surface area contributed by atoms with Crippen LogP contribution in [0, 0.1) is 13.8 Å². The molecule has 1 fully saturated rings. The number of hydrogen-bond donors (Lipinski definition) is 1. The van der Waals surface area contributed by atoms with Gasteiger partial charge in [0.1, 0.15) is 0 Å². The molecule has 2 aromatic rings. The number of carbonyl (C=O) groups is 1. The van der Waals surface area contributed by atoms with E-state index in [1.54, 1.807) is 0 Å². The number of benzene rings is 1. The fourth-order valence-electron chi connectivity index (χ4n) is 3.30. The Balaban J connectivity index is 1.88. The largest absolute Gasteiger partial charge is 0.376 e. The Bertz CT molecular complexity index is 730. The summed E-state index contributed by atoms with van der Waals surface area (Å²) in [5.41, 5.74) is 4.57. The summed E-state index contributed by atoms with van der Waals surface area (Å²) in [6.07, 6.45) is 2.98. The van der Waals surface area contributed by atoms with Gasteiger partial charge in [0, 0.05) is 13.2 Å². The van der Waals surface area contributed by atoms with Crippen molar-refractivity contribution in [3.8, 4) is 5.69 Å². The van der Waals surface area contributed by atoms with Gasteiger partial charge in [-0.25, -0.2) is 4.68 Å². The van der Waals surface area contributed by atoms with E-state index in [1.807, 2.05) is 29.8 Å². The molecule has 1 N–H and O–H groups in total. The summed E-state index contributed by atoms with van der Waals surface area (Å²) < 4.78 is 7.49. The van der Waals surface area contributed by atoms with Gasteiger partial charge >= 0.3 is 0 Å². The third-order valence-electron chi connectivity index (χ3n) is 4.58. The van der Waals surface area contributed by atoms with Crippen LogP contribution in [0.5, 0.6) is 0 Å². The Morgan fingerprint density at radius 3 is 2.83 bits per heavy atom. The molecule has 1 aliphatic heterocycles. The first-order chi connectivity index (χ1) is 11.6. The van der Waals surface area contributed by atoms with Crippen molar-refractivity contribution in [1.29, 1.82) is 0 Å². The molecular formula is C19H25N3O2. The van der Waals surface area contributed by atoms with Crippen molar-refractivity contribution >= 4 is 5.91 Å². The van der Waals surface area contributed by atoms with Crippen molar-refractivity contribution in [2.45, 2.75) is 46.1 Å². The van der Waals surface area contributed by atoms with Crippen LogP contribution in [0.2, 0.25) is 0 Å². The Morgan fingerprint density at radius 1 is 1.38 bits per heavy atom. The molecule has 1 aliphatic rings. The van der Waals surface area contributed by atoms with E-state index in [0.29, 0.717) is 12.1 Å². The number of nitrogens with one attached hydrogen (secondary N) is 1. The smallest absolute Gasteiger partial charge is 0.255 e. The molecule has 5 heteroatoms. The standard InChI is InChI=1S/C19H25N3O2/c1-4-16-18(19(23)20-12-15-9-7-11-24-15)14(3)21-22(16)17-10-6-5-8-13(17)2/h5-6,8,10,15H,4,7,9,11-12H2,1-3H3,(H,20,23)/t15-/m1/s1. The van der Waals surface area contributed by atoms with Gasteiger partial charge in [-0.3, -0.25) is 4.79 Å². The van der Waals surface area contributed by atoms with Gasteiger partial charge in [0.2, 0.25) is 0 Å². The molecule has 1 saturated heterocycles. The van der Waals surface area contributed by atoms with Gasteiger partial charge in [-0.1, -0.05) is 25.1 Å². The molecule has 0 bridgehead atoms. The highest BCUT2D eigenvalue weighted by molar-refractivity contribution is 5.96. The van der Waals surface area contributed by atoms with Crippen LogP contribution in [0.15, 0.2) is 24.3 Å². The molecule has 0 radical (unpaired) electrons. The Labute approximate surface area is 143 Å². The van der Waals surface area contributed by atoms with E-state index in [9.17, 15) is 4.79 Å². The summed E-state index contributed by atoms with van der Waals surface area (Å²) in [5, 5.41) is 7.66. The van der Waals surface area contributed by atoms with Gasteiger partial charge in [0.05, 0.1) is 28.7 Å². The lowest BCUT2D eigenvalue weighted by atomic mass is 10.1. The maximum absolute atomic E-state index is 12.7. The molecule has 5 nitrogen and oxygen atoms in total. The van der Waals surface area contributed by atoms with Crippen LogP contribution in [0.1, 0.15) is 47.1 Å². The second-order valence-electron chi connectivity index (χ2n) is 6.30. The Hall–Kier alpha value is -2.14. The highest BCUT2D eigenvalue weighted by Crippen LogP contribution is 2.22. The number of ether oxygens (including phenoxy) is 1. The number of amides is 1. The Morgan fingerprint density at radius 2 is 2.17 bits per heavy atom. The van der Waals surface area contributed by atoms with Gasteiger partial charge in [-0.05, 0) is 44.7 Å². The molecule has 1 atom stereocenters. The summed E-state index contributed by atoms with van der Waals surface area (Å²) in [7, 11) is 0. The first-order valence-corrected chi connectivity index (χ1v) is 8.66. The molecule has 0 spiro atoms. The molecule has 2 heterocycles.